The van der Waals surface area contributed by atoms with E-state index in [0.717, 1.165) is 77.9 Å². The van der Waals surface area contributed by atoms with Crippen molar-refractivity contribution in [2.24, 2.45) is 21.7 Å². The number of fused-ring (bicyclic) bond motifs is 2. The first-order chi connectivity index (χ1) is 28.3. The van der Waals surface area contributed by atoms with Gasteiger partial charge in [-0.15, -0.1) is 0 Å². The van der Waals surface area contributed by atoms with Gasteiger partial charge in [0.15, 0.2) is 11.6 Å². The molecule has 4 rings (SSSR count). The molecule has 2 aliphatic rings. The highest BCUT2D eigenvalue weighted by Crippen LogP contribution is 2.49. The molecular weight excluding hydrogens is 785 g/mol. The summed E-state index contributed by atoms with van der Waals surface area (Å²) in [4.78, 5) is 78.6. The molecule has 10 heteroatoms. The average Bonchev–Trinajstić information content (AvgIpc) is 3.11. The Morgan fingerprint density at radius 1 is 0.435 bits per heavy atom. The van der Waals surface area contributed by atoms with Crippen LogP contribution in [-0.2, 0) is 51.1 Å². The van der Waals surface area contributed by atoms with Crippen molar-refractivity contribution in [1.82, 2.24) is 0 Å². The third kappa shape index (κ3) is 10.8. The van der Waals surface area contributed by atoms with E-state index in [1.165, 1.54) is 0 Å². The number of hydrogen-bond acceptors (Lipinski definition) is 10. The monoisotopic (exact) mass is 854 g/mol. The molecule has 0 saturated heterocycles. The lowest BCUT2D eigenvalue weighted by Gasteiger charge is -2.34. The molecule has 0 aromatic heterocycles. The predicted octanol–water partition coefficient (Wildman–Crippen LogP) is 10.6. The molecule has 62 heavy (non-hydrogen) atoms. The molecule has 0 fully saturated rings. The van der Waals surface area contributed by atoms with Crippen molar-refractivity contribution in [1.29, 1.82) is 0 Å². The molecule has 0 radical (unpaired) electrons. The molecule has 0 spiro atoms. The number of esters is 4. The van der Waals surface area contributed by atoms with Gasteiger partial charge < -0.3 is 18.9 Å². The van der Waals surface area contributed by atoms with Gasteiger partial charge in [-0.25, -0.2) is 0 Å². The van der Waals surface area contributed by atoms with E-state index in [0.29, 0.717) is 11.5 Å². The molecule has 0 saturated carbocycles. The van der Waals surface area contributed by atoms with Gasteiger partial charge in [-0.05, 0) is 155 Å². The summed E-state index contributed by atoms with van der Waals surface area (Å²) in [6, 6.07) is 0. The molecule has 10 nitrogen and oxygen atoms in total. The Morgan fingerprint density at radius 3 is 1.02 bits per heavy atom. The number of rotatable bonds is 13. The van der Waals surface area contributed by atoms with Crippen LogP contribution in [-0.4, -0.2) is 48.7 Å². The molecule has 0 heterocycles. The van der Waals surface area contributed by atoms with Crippen molar-refractivity contribution < 1.29 is 47.7 Å². The summed E-state index contributed by atoms with van der Waals surface area (Å²) in [5, 5.41) is 0. The quantitative estimate of drug-likeness (QED) is 0.109. The standard InChI is InChI=1S/C52H70O10/c1-27-29(3)47(31(5)35-21-37(53)33(7)45(43(27)35)49(9,10)11)61-41(57)25-51(15,16)23-39(55)59-19-20-60-40(56)24-52(17,18)26-42(58)62-48-30(4)28(2)44-36(32(48)6)22-38(54)34(8)46(44)50(12,13)14/h19-26H2,1-18H3. The molecule has 2 aromatic carbocycles. The number of ether oxygens (including phenoxy) is 4. The minimum absolute atomic E-state index is 0.0607. The van der Waals surface area contributed by atoms with E-state index in [2.05, 4.69) is 41.5 Å². The molecule has 0 aliphatic heterocycles. The largest absolute Gasteiger partial charge is 0.462 e. The van der Waals surface area contributed by atoms with Gasteiger partial charge in [-0.3, -0.25) is 28.8 Å². The van der Waals surface area contributed by atoms with E-state index in [-0.39, 0.29) is 74.1 Å². The average molecular weight is 855 g/mol. The molecule has 0 N–H and O–H groups in total. The Bertz CT molecular complexity index is 2130. The zero-order valence-corrected chi connectivity index (χ0v) is 40.7. The van der Waals surface area contributed by atoms with Crippen LogP contribution in [0.15, 0.2) is 11.1 Å². The van der Waals surface area contributed by atoms with Crippen molar-refractivity contribution in [2.75, 3.05) is 13.2 Å². The number of allylic oxidation sites excluding steroid dienone is 4. The van der Waals surface area contributed by atoms with Crippen LogP contribution in [0.1, 0.15) is 164 Å². The Kier molecular flexibility index (Phi) is 14.5. The van der Waals surface area contributed by atoms with Crippen molar-refractivity contribution in [3.8, 4) is 11.5 Å². The van der Waals surface area contributed by atoms with Crippen molar-refractivity contribution in [3.05, 3.63) is 66.8 Å². The van der Waals surface area contributed by atoms with Crippen LogP contribution in [0.2, 0.25) is 0 Å². The molecule has 0 bridgehead atoms. The molecule has 0 amide bonds. The van der Waals surface area contributed by atoms with Gasteiger partial charge >= 0.3 is 23.9 Å². The molecule has 338 valence electrons. The van der Waals surface area contributed by atoms with Crippen LogP contribution in [0, 0.1) is 63.2 Å². The van der Waals surface area contributed by atoms with Gasteiger partial charge in [-0.2, -0.15) is 0 Å². The second kappa shape index (κ2) is 18.1. The maximum absolute atomic E-state index is 13.3. The summed E-state index contributed by atoms with van der Waals surface area (Å²) in [5.74, 6) is -1.09. The van der Waals surface area contributed by atoms with Crippen molar-refractivity contribution in [2.45, 2.75) is 163 Å². The van der Waals surface area contributed by atoms with Gasteiger partial charge in [-0.1, -0.05) is 69.2 Å². The highest BCUT2D eigenvalue weighted by Gasteiger charge is 2.37. The number of benzene rings is 2. The summed E-state index contributed by atoms with van der Waals surface area (Å²) in [6.45, 7) is 34.8. The zero-order valence-electron chi connectivity index (χ0n) is 40.7. The second-order valence-corrected chi connectivity index (χ2v) is 21.2. The molecule has 2 aliphatic carbocycles. The summed E-state index contributed by atoms with van der Waals surface area (Å²) in [5.41, 5.74) is 10.5. The van der Waals surface area contributed by atoms with Crippen LogP contribution >= 0.6 is 0 Å². The molecule has 0 unspecified atom stereocenters. The lowest BCUT2D eigenvalue weighted by Crippen LogP contribution is -2.27. The lowest BCUT2D eigenvalue weighted by molar-refractivity contribution is -0.155. The van der Waals surface area contributed by atoms with Crippen LogP contribution < -0.4 is 9.47 Å². The van der Waals surface area contributed by atoms with Crippen LogP contribution in [0.25, 0.3) is 11.1 Å². The summed E-state index contributed by atoms with van der Waals surface area (Å²) in [6.07, 6.45) is 0.216. The van der Waals surface area contributed by atoms with Gasteiger partial charge in [0, 0.05) is 12.8 Å². The van der Waals surface area contributed by atoms with Crippen LogP contribution in [0.5, 0.6) is 11.5 Å². The van der Waals surface area contributed by atoms with Gasteiger partial charge in [0.1, 0.15) is 24.7 Å². The smallest absolute Gasteiger partial charge is 0.311 e. The van der Waals surface area contributed by atoms with E-state index >= 15 is 0 Å². The van der Waals surface area contributed by atoms with E-state index in [1.807, 2.05) is 55.4 Å². The third-order valence-electron chi connectivity index (χ3n) is 12.5. The number of ketones is 2. The van der Waals surface area contributed by atoms with Crippen LogP contribution in [0.3, 0.4) is 0 Å². The highest BCUT2D eigenvalue weighted by atomic mass is 16.6. The number of carbonyl (C=O) groups is 6. The zero-order chi connectivity index (χ0) is 47.2. The maximum Gasteiger partial charge on any atom is 0.311 e. The second-order valence-electron chi connectivity index (χ2n) is 21.2. The Morgan fingerprint density at radius 2 is 0.726 bits per heavy atom. The number of Topliss-reactive ketones (excluding diaryl/α,β-unsaturated/α-hetero) is 2. The van der Waals surface area contributed by atoms with Crippen LogP contribution in [0.4, 0.5) is 0 Å². The maximum atomic E-state index is 13.3. The first-order valence-electron chi connectivity index (χ1n) is 21.8. The van der Waals surface area contributed by atoms with Crippen molar-refractivity contribution >= 4 is 46.6 Å². The van der Waals surface area contributed by atoms with Gasteiger partial charge in [0.2, 0.25) is 0 Å². The highest BCUT2D eigenvalue weighted by molar-refractivity contribution is 6.09. The summed E-state index contributed by atoms with van der Waals surface area (Å²) < 4.78 is 22.7. The predicted molar refractivity (Wildman–Crippen MR) is 242 cm³/mol. The minimum atomic E-state index is -0.804. The van der Waals surface area contributed by atoms with Gasteiger partial charge in [0.05, 0.1) is 25.7 Å². The minimum Gasteiger partial charge on any atom is -0.462 e. The van der Waals surface area contributed by atoms with E-state index in [4.69, 9.17) is 18.9 Å². The van der Waals surface area contributed by atoms with Gasteiger partial charge in [0.25, 0.3) is 0 Å². The number of hydrogen-bond donors (Lipinski definition) is 0. The van der Waals surface area contributed by atoms with E-state index < -0.39 is 34.7 Å². The fraction of sp³-hybridized carbons (Fsp3) is 0.577. The topological polar surface area (TPSA) is 139 Å². The fourth-order valence-corrected chi connectivity index (χ4v) is 9.32. The van der Waals surface area contributed by atoms with Crippen molar-refractivity contribution in [3.63, 3.8) is 0 Å². The normalized spacial score (nSPS) is 14.7. The lowest BCUT2D eigenvalue weighted by atomic mass is 9.70. The first kappa shape index (κ1) is 49.8. The Balaban J connectivity index is 1.28. The van der Waals surface area contributed by atoms with E-state index in [1.54, 1.807) is 27.7 Å². The SMILES string of the molecule is CC1=C(C(C)(C)C)c2c(C)c(C)c(OC(=O)CC(C)(C)CC(=O)OCCOC(=O)CC(C)(C)CC(=O)Oc3c(C)c(C)c4c(c3C)CC(=O)C(C)=C4C(C)(C)C)c(C)c2CC1=O. The Labute approximate surface area is 369 Å². The molecular formula is C52H70O10. The fourth-order valence-electron chi connectivity index (χ4n) is 9.32. The number of carbonyl (C=O) groups excluding carboxylic acids is 6. The summed E-state index contributed by atoms with van der Waals surface area (Å²) >= 11 is 0. The third-order valence-corrected chi connectivity index (χ3v) is 12.5. The molecule has 0 atom stereocenters. The first-order valence-corrected chi connectivity index (χ1v) is 21.8. The summed E-state index contributed by atoms with van der Waals surface area (Å²) in [7, 11) is 0. The van der Waals surface area contributed by atoms with E-state index in [9.17, 15) is 28.8 Å². The molecule has 2 aromatic rings. The Hall–Kier alpha value is -4.86.